The molecule has 5 rings (SSSR count). The Morgan fingerprint density at radius 2 is 1.70 bits per heavy atom. The minimum atomic E-state index is -1.08. The normalized spacial score (nSPS) is 13.9. The number of nitrogens with two attached hydrogens (primary N) is 1. The van der Waals surface area contributed by atoms with Gasteiger partial charge in [0.2, 0.25) is 5.95 Å². The average Bonchev–Trinajstić information content (AvgIpc) is 3.34. The second kappa shape index (κ2) is 11.9. The van der Waals surface area contributed by atoms with Crippen molar-refractivity contribution >= 4 is 28.9 Å². The van der Waals surface area contributed by atoms with Gasteiger partial charge in [-0.25, -0.2) is 28.3 Å². The molecule has 0 fully saturated rings. The van der Waals surface area contributed by atoms with E-state index in [0.29, 0.717) is 34.3 Å². The van der Waals surface area contributed by atoms with Crippen molar-refractivity contribution in [2.75, 3.05) is 5.73 Å². The maximum Gasteiger partial charge on any atom is 0.408 e. The summed E-state index contributed by atoms with van der Waals surface area (Å²) in [5.74, 6) is -2.76. The van der Waals surface area contributed by atoms with Gasteiger partial charge in [-0.15, -0.1) is 0 Å². The van der Waals surface area contributed by atoms with Crippen molar-refractivity contribution < 1.29 is 27.8 Å². The van der Waals surface area contributed by atoms with Crippen LogP contribution >= 0.6 is 0 Å². The number of hydrogen-bond acceptors (Lipinski definition) is 8. The summed E-state index contributed by atoms with van der Waals surface area (Å²) in [6.45, 7) is 8.20. The molecule has 224 valence electrons. The standard InChI is InChI=1S/C32H33F2N5O4/c1-18(36-31(41)43-32(2,3)4)29(40)42-17-22-12-25(33)26(34)13-23(22)19-9-10-27-24(11-19)28(38-30(35)37-27)16-39-14-20-7-5-6-8-21(20)15-39/h5-13,18H,14-17H2,1-4H3,(H,36,41)(H2,35,37,38). The van der Waals surface area contributed by atoms with Crippen LogP contribution in [0, 0.1) is 11.6 Å². The fourth-order valence-electron chi connectivity index (χ4n) is 5.02. The minimum absolute atomic E-state index is 0.140. The van der Waals surface area contributed by atoms with Crippen LogP contribution in [0.4, 0.5) is 19.5 Å². The SMILES string of the molecule is CC(NC(=O)OC(C)(C)C)C(=O)OCc1cc(F)c(F)cc1-c1ccc2nc(N)nc(CN3Cc4ccccc4C3)c2c1. The highest BCUT2D eigenvalue weighted by molar-refractivity contribution is 5.88. The Kier molecular flexibility index (Phi) is 8.27. The van der Waals surface area contributed by atoms with Crippen LogP contribution in [0.1, 0.15) is 50.1 Å². The highest BCUT2D eigenvalue weighted by atomic mass is 19.2. The van der Waals surface area contributed by atoms with Crippen LogP contribution in [0.25, 0.3) is 22.0 Å². The zero-order chi connectivity index (χ0) is 30.9. The molecule has 0 radical (unpaired) electrons. The largest absolute Gasteiger partial charge is 0.459 e. The molecule has 1 amide bonds. The smallest absolute Gasteiger partial charge is 0.408 e. The summed E-state index contributed by atoms with van der Waals surface area (Å²) < 4.78 is 39.4. The Bertz CT molecular complexity index is 1680. The molecule has 0 spiro atoms. The van der Waals surface area contributed by atoms with E-state index in [1.54, 1.807) is 39.0 Å². The first-order chi connectivity index (χ1) is 20.4. The van der Waals surface area contributed by atoms with Crippen LogP contribution in [0.2, 0.25) is 0 Å². The van der Waals surface area contributed by atoms with E-state index in [4.69, 9.17) is 15.2 Å². The number of carbonyl (C=O) groups is 2. The fraction of sp³-hybridized carbons (Fsp3) is 0.312. The number of fused-ring (bicyclic) bond motifs is 2. The van der Waals surface area contributed by atoms with E-state index < -0.39 is 35.3 Å². The molecule has 11 heteroatoms. The molecule has 1 aliphatic heterocycles. The van der Waals surface area contributed by atoms with Gasteiger partial charge in [0, 0.05) is 30.6 Å². The molecule has 0 saturated carbocycles. The average molecular weight is 590 g/mol. The molecule has 3 N–H and O–H groups in total. The van der Waals surface area contributed by atoms with Gasteiger partial charge in [-0.3, -0.25) is 4.90 Å². The highest BCUT2D eigenvalue weighted by Gasteiger charge is 2.24. The van der Waals surface area contributed by atoms with Crippen LogP contribution < -0.4 is 11.1 Å². The van der Waals surface area contributed by atoms with Gasteiger partial charge < -0.3 is 20.5 Å². The van der Waals surface area contributed by atoms with Crippen molar-refractivity contribution in [2.24, 2.45) is 0 Å². The number of ether oxygens (including phenoxy) is 2. The van der Waals surface area contributed by atoms with E-state index in [2.05, 4.69) is 32.3 Å². The third-order valence-electron chi connectivity index (χ3n) is 6.99. The number of carbonyl (C=O) groups excluding carboxylic acids is 2. The number of nitrogens with zero attached hydrogens (tertiary/aromatic N) is 3. The maximum absolute atomic E-state index is 14.5. The van der Waals surface area contributed by atoms with Gasteiger partial charge >= 0.3 is 12.1 Å². The molecule has 1 unspecified atom stereocenters. The molecular weight excluding hydrogens is 556 g/mol. The number of nitrogen functional groups attached to an aromatic ring is 1. The van der Waals surface area contributed by atoms with Crippen molar-refractivity contribution in [2.45, 2.75) is 65.6 Å². The second-order valence-corrected chi connectivity index (χ2v) is 11.6. The minimum Gasteiger partial charge on any atom is -0.459 e. The van der Waals surface area contributed by atoms with E-state index in [-0.39, 0.29) is 18.1 Å². The Morgan fingerprint density at radius 3 is 2.37 bits per heavy atom. The first kappa shape index (κ1) is 29.8. The zero-order valence-corrected chi connectivity index (χ0v) is 24.4. The van der Waals surface area contributed by atoms with Crippen molar-refractivity contribution in [1.29, 1.82) is 0 Å². The van der Waals surface area contributed by atoms with Crippen LogP contribution in [0.15, 0.2) is 54.6 Å². The lowest BCUT2D eigenvalue weighted by atomic mass is 9.97. The monoisotopic (exact) mass is 589 g/mol. The molecule has 0 bridgehead atoms. The van der Waals surface area contributed by atoms with Gasteiger partial charge in [0.1, 0.15) is 18.2 Å². The number of alkyl carbamates (subject to hydrolysis) is 1. The molecule has 0 saturated heterocycles. The summed E-state index contributed by atoms with van der Waals surface area (Å²) in [7, 11) is 0. The van der Waals surface area contributed by atoms with Gasteiger partial charge in [0.05, 0.1) is 11.2 Å². The summed E-state index contributed by atoms with van der Waals surface area (Å²) in [5.41, 5.74) is 10.2. The number of nitrogens with one attached hydrogen (secondary N) is 1. The molecule has 2 heterocycles. The zero-order valence-electron chi connectivity index (χ0n) is 24.4. The summed E-state index contributed by atoms with van der Waals surface area (Å²) >= 11 is 0. The van der Waals surface area contributed by atoms with E-state index in [1.807, 2.05) is 12.1 Å². The number of aromatic nitrogens is 2. The van der Waals surface area contributed by atoms with Gasteiger partial charge in [-0.1, -0.05) is 30.3 Å². The molecule has 43 heavy (non-hydrogen) atoms. The van der Waals surface area contributed by atoms with Crippen LogP contribution in [-0.4, -0.2) is 38.6 Å². The Hall–Kier alpha value is -4.64. The van der Waals surface area contributed by atoms with E-state index in [1.165, 1.54) is 18.1 Å². The second-order valence-electron chi connectivity index (χ2n) is 11.6. The Labute approximate surface area is 248 Å². The first-order valence-electron chi connectivity index (χ1n) is 13.9. The predicted molar refractivity (Wildman–Crippen MR) is 157 cm³/mol. The summed E-state index contributed by atoms with van der Waals surface area (Å²) in [6, 6.07) is 14.5. The third kappa shape index (κ3) is 7.06. The van der Waals surface area contributed by atoms with E-state index >= 15 is 0 Å². The molecule has 1 aromatic heterocycles. The number of esters is 1. The summed E-state index contributed by atoms with van der Waals surface area (Å²) in [6.07, 6.45) is -0.780. The molecule has 0 aliphatic carbocycles. The van der Waals surface area contributed by atoms with Crippen LogP contribution in [0.3, 0.4) is 0 Å². The lowest BCUT2D eigenvalue weighted by Gasteiger charge is -2.21. The molecule has 3 aromatic carbocycles. The number of hydrogen-bond donors (Lipinski definition) is 2. The summed E-state index contributed by atoms with van der Waals surface area (Å²) in [5, 5.41) is 3.12. The fourth-order valence-corrected chi connectivity index (χ4v) is 5.02. The van der Waals surface area contributed by atoms with Gasteiger partial charge in [-0.2, -0.15) is 0 Å². The van der Waals surface area contributed by atoms with Crippen molar-refractivity contribution in [3.05, 3.63) is 88.6 Å². The van der Waals surface area contributed by atoms with Crippen molar-refractivity contribution in [1.82, 2.24) is 20.2 Å². The lowest BCUT2D eigenvalue weighted by molar-refractivity contribution is -0.147. The first-order valence-corrected chi connectivity index (χ1v) is 13.9. The highest BCUT2D eigenvalue weighted by Crippen LogP contribution is 2.32. The number of amides is 1. The number of rotatable bonds is 7. The van der Waals surface area contributed by atoms with E-state index in [9.17, 15) is 18.4 Å². The Balaban J connectivity index is 1.39. The Morgan fingerprint density at radius 1 is 1.02 bits per heavy atom. The summed E-state index contributed by atoms with van der Waals surface area (Å²) in [4.78, 5) is 35.8. The molecule has 1 atom stereocenters. The van der Waals surface area contributed by atoms with Gasteiger partial charge in [0.25, 0.3) is 0 Å². The van der Waals surface area contributed by atoms with Crippen molar-refractivity contribution in [3.63, 3.8) is 0 Å². The maximum atomic E-state index is 14.5. The predicted octanol–water partition coefficient (Wildman–Crippen LogP) is 5.63. The number of anilines is 1. The topological polar surface area (TPSA) is 120 Å². The van der Waals surface area contributed by atoms with Crippen molar-refractivity contribution in [3.8, 4) is 11.1 Å². The number of halogens is 2. The van der Waals surface area contributed by atoms with Crippen LogP contribution in [0.5, 0.6) is 0 Å². The molecule has 9 nitrogen and oxygen atoms in total. The van der Waals surface area contributed by atoms with E-state index in [0.717, 1.165) is 25.2 Å². The molecule has 4 aromatic rings. The number of benzene rings is 3. The van der Waals surface area contributed by atoms with Gasteiger partial charge in [0.15, 0.2) is 11.6 Å². The lowest BCUT2D eigenvalue weighted by Crippen LogP contribution is -2.42. The molecular formula is C32H33F2N5O4. The molecule has 1 aliphatic rings. The van der Waals surface area contributed by atoms with Gasteiger partial charge in [-0.05, 0) is 74.2 Å². The third-order valence-corrected chi connectivity index (χ3v) is 6.99. The quantitative estimate of drug-likeness (QED) is 0.266. The van der Waals surface area contributed by atoms with Crippen LogP contribution in [-0.2, 0) is 40.5 Å².